The number of hydrogen-bond acceptors (Lipinski definition) is 5. The van der Waals surface area contributed by atoms with Gasteiger partial charge in [0.2, 0.25) is 5.91 Å². The van der Waals surface area contributed by atoms with Gasteiger partial charge in [0.25, 0.3) is 0 Å². The number of aryl methyl sites for hydroxylation is 1. The molecular weight excluding hydrogens is 286 g/mol. The molecule has 5 nitrogen and oxygen atoms in total. The van der Waals surface area contributed by atoms with Crippen LogP contribution < -0.4 is 11.1 Å². The van der Waals surface area contributed by atoms with Crippen LogP contribution in [0.4, 0.5) is 5.00 Å². The molecule has 1 unspecified atom stereocenters. The lowest BCUT2D eigenvalue weighted by Gasteiger charge is -2.20. The smallest absolute Gasteiger partial charge is 0.247 e. The van der Waals surface area contributed by atoms with Gasteiger partial charge in [-0.05, 0) is 37.7 Å². The van der Waals surface area contributed by atoms with Crippen molar-refractivity contribution in [1.29, 1.82) is 5.26 Å². The fourth-order valence-corrected chi connectivity index (χ4v) is 4.17. The zero-order valence-corrected chi connectivity index (χ0v) is 12.7. The molecule has 2 heterocycles. The van der Waals surface area contributed by atoms with E-state index >= 15 is 0 Å². The molecule has 0 radical (unpaired) electrons. The van der Waals surface area contributed by atoms with E-state index in [1.54, 1.807) is 0 Å². The van der Waals surface area contributed by atoms with Crippen molar-refractivity contribution < 1.29 is 9.53 Å². The number of thiophene rings is 1. The van der Waals surface area contributed by atoms with Crippen molar-refractivity contribution in [1.82, 2.24) is 0 Å². The van der Waals surface area contributed by atoms with Crippen molar-refractivity contribution >= 4 is 22.2 Å². The zero-order chi connectivity index (χ0) is 14.9. The van der Waals surface area contributed by atoms with Crippen LogP contribution in [0.3, 0.4) is 0 Å². The van der Waals surface area contributed by atoms with E-state index in [1.807, 2.05) is 0 Å². The summed E-state index contributed by atoms with van der Waals surface area (Å²) in [5.74, 6) is -0.243. The molecule has 0 bridgehead atoms. The van der Waals surface area contributed by atoms with Gasteiger partial charge < -0.3 is 15.8 Å². The first-order valence-corrected chi connectivity index (χ1v) is 8.18. The number of anilines is 1. The molecular formula is C15H19N3O2S. The van der Waals surface area contributed by atoms with Crippen LogP contribution in [0.25, 0.3) is 0 Å². The van der Waals surface area contributed by atoms with E-state index in [1.165, 1.54) is 22.6 Å². The molecule has 1 aliphatic heterocycles. The van der Waals surface area contributed by atoms with Crippen LogP contribution >= 0.6 is 11.3 Å². The first kappa shape index (κ1) is 14.5. The van der Waals surface area contributed by atoms with Crippen LogP contribution in [0.15, 0.2) is 0 Å². The van der Waals surface area contributed by atoms with E-state index in [0.29, 0.717) is 23.6 Å². The molecule has 1 saturated heterocycles. The summed E-state index contributed by atoms with van der Waals surface area (Å²) in [5, 5.41) is 13.0. The number of nitrogens with one attached hydrogen (secondary N) is 1. The fourth-order valence-electron chi connectivity index (χ4n) is 2.94. The summed E-state index contributed by atoms with van der Waals surface area (Å²) in [4.78, 5) is 13.6. The van der Waals surface area contributed by atoms with E-state index in [0.717, 1.165) is 31.2 Å². The fraction of sp³-hybridized carbons (Fsp3) is 0.600. The first-order chi connectivity index (χ1) is 10.1. The number of rotatable bonds is 2. The van der Waals surface area contributed by atoms with Crippen molar-refractivity contribution in [3.63, 3.8) is 0 Å². The standard InChI is InChI=1S/C15H19N3O2S/c16-8-11-10-4-2-1-3-5-12(10)21-13(11)18-14(19)15(17)6-7-20-9-15/h1-7,9,17H2,(H,18,19). The third kappa shape index (κ3) is 2.69. The number of nitriles is 1. The Morgan fingerprint density at radius 3 is 2.90 bits per heavy atom. The van der Waals surface area contributed by atoms with Gasteiger partial charge in [-0.15, -0.1) is 11.3 Å². The number of nitrogens with zero attached hydrogens (tertiary/aromatic N) is 1. The second-order valence-corrected chi connectivity index (χ2v) is 6.90. The maximum absolute atomic E-state index is 12.4. The number of fused-ring (bicyclic) bond motifs is 1. The predicted octanol–water partition coefficient (Wildman–Crippen LogP) is 1.94. The third-order valence-corrected chi connectivity index (χ3v) is 5.47. The largest absolute Gasteiger partial charge is 0.379 e. The summed E-state index contributed by atoms with van der Waals surface area (Å²) in [5.41, 5.74) is 6.87. The molecule has 1 aromatic heterocycles. The van der Waals surface area contributed by atoms with Crippen LogP contribution in [0, 0.1) is 11.3 Å². The minimum atomic E-state index is -0.964. The van der Waals surface area contributed by atoms with Crippen molar-refractivity contribution in [2.75, 3.05) is 18.5 Å². The number of carbonyl (C=O) groups is 1. The van der Waals surface area contributed by atoms with Gasteiger partial charge in [0.15, 0.2) is 0 Å². The Kier molecular flexibility index (Phi) is 3.98. The molecule has 1 atom stereocenters. The van der Waals surface area contributed by atoms with Crippen molar-refractivity contribution in [3.05, 3.63) is 16.0 Å². The molecule has 3 N–H and O–H groups in total. The van der Waals surface area contributed by atoms with Gasteiger partial charge >= 0.3 is 0 Å². The molecule has 0 saturated carbocycles. The normalized spacial score (nSPS) is 25.0. The van der Waals surface area contributed by atoms with Crippen molar-refractivity contribution in [2.24, 2.45) is 5.73 Å². The van der Waals surface area contributed by atoms with Crippen molar-refractivity contribution in [2.45, 2.75) is 44.1 Å². The molecule has 1 amide bonds. The van der Waals surface area contributed by atoms with Crippen LogP contribution in [-0.4, -0.2) is 24.7 Å². The number of nitrogens with two attached hydrogens (primary N) is 1. The molecule has 2 aliphatic rings. The van der Waals surface area contributed by atoms with Gasteiger partial charge in [-0.1, -0.05) is 6.42 Å². The van der Waals surface area contributed by atoms with Gasteiger partial charge in [0, 0.05) is 11.5 Å². The molecule has 0 aromatic carbocycles. The third-order valence-electron chi connectivity index (χ3n) is 4.26. The number of hydrogen-bond donors (Lipinski definition) is 2. The molecule has 21 heavy (non-hydrogen) atoms. The highest BCUT2D eigenvalue weighted by molar-refractivity contribution is 7.16. The predicted molar refractivity (Wildman–Crippen MR) is 81.3 cm³/mol. The van der Waals surface area contributed by atoms with E-state index in [4.69, 9.17) is 10.5 Å². The van der Waals surface area contributed by atoms with Crippen molar-refractivity contribution in [3.8, 4) is 6.07 Å². The molecule has 112 valence electrons. The SMILES string of the molecule is N#Cc1c(NC(=O)C2(N)CCOC2)sc2c1CCCCC2. The molecule has 1 aromatic rings. The van der Waals surface area contributed by atoms with E-state index in [9.17, 15) is 10.1 Å². The van der Waals surface area contributed by atoms with Crippen LogP contribution in [0.5, 0.6) is 0 Å². The second-order valence-electron chi connectivity index (χ2n) is 5.79. The van der Waals surface area contributed by atoms with Crippen LogP contribution in [0.2, 0.25) is 0 Å². The van der Waals surface area contributed by atoms with E-state index in [2.05, 4.69) is 11.4 Å². The summed E-state index contributed by atoms with van der Waals surface area (Å²) >= 11 is 1.53. The Morgan fingerprint density at radius 2 is 2.19 bits per heavy atom. The second kappa shape index (κ2) is 5.76. The Bertz CT molecular complexity index is 597. The zero-order valence-electron chi connectivity index (χ0n) is 11.9. The molecule has 6 heteroatoms. The lowest BCUT2D eigenvalue weighted by molar-refractivity contribution is -0.121. The Morgan fingerprint density at radius 1 is 1.38 bits per heavy atom. The van der Waals surface area contributed by atoms with Gasteiger partial charge in [0.05, 0.1) is 12.2 Å². The Labute approximate surface area is 128 Å². The summed E-state index contributed by atoms with van der Waals surface area (Å²) in [6.45, 7) is 0.752. The van der Waals surface area contributed by atoms with Gasteiger partial charge in [-0.2, -0.15) is 5.26 Å². The van der Waals surface area contributed by atoms with E-state index in [-0.39, 0.29) is 12.5 Å². The average molecular weight is 305 g/mol. The summed E-state index contributed by atoms with van der Waals surface area (Å²) in [6, 6.07) is 2.26. The van der Waals surface area contributed by atoms with Gasteiger partial charge in [-0.3, -0.25) is 4.79 Å². The topological polar surface area (TPSA) is 88.1 Å². The lowest BCUT2D eigenvalue weighted by atomic mass is 9.99. The van der Waals surface area contributed by atoms with Crippen LogP contribution in [-0.2, 0) is 22.4 Å². The molecule has 0 spiro atoms. The summed E-state index contributed by atoms with van der Waals surface area (Å²) in [7, 11) is 0. The number of amides is 1. The van der Waals surface area contributed by atoms with Gasteiger partial charge in [0.1, 0.15) is 16.6 Å². The Hall–Kier alpha value is -1.42. The van der Waals surface area contributed by atoms with Gasteiger partial charge in [-0.25, -0.2) is 0 Å². The first-order valence-electron chi connectivity index (χ1n) is 7.37. The number of carbonyl (C=O) groups excluding carboxylic acids is 1. The Balaban J connectivity index is 1.86. The van der Waals surface area contributed by atoms with E-state index < -0.39 is 5.54 Å². The molecule has 1 fully saturated rings. The minimum absolute atomic E-state index is 0.242. The quantitative estimate of drug-likeness (QED) is 0.817. The minimum Gasteiger partial charge on any atom is -0.379 e. The highest BCUT2D eigenvalue weighted by Gasteiger charge is 2.39. The lowest BCUT2D eigenvalue weighted by Crippen LogP contribution is -2.51. The summed E-state index contributed by atoms with van der Waals surface area (Å²) in [6.07, 6.45) is 5.92. The molecule has 1 aliphatic carbocycles. The number of ether oxygens (including phenoxy) is 1. The monoisotopic (exact) mass is 305 g/mol. The van der Waals surface area contributed by atoms with Crippen LogP contribution in [0.1, 0.15) is 41.7 Å². The molecule has 3 rings (SSSR count). The highest BCUT2D eigenvalue weighted by atomic mass is 32.1. The highest BCUT2D eigenvalue weighted by Crippen LogP contribution is 2.37. The maximum atomic E-state index is 12.4. The maximum Gasteiger partial charge on any atom is 0.247 e. The average Bonchev–Trinajstić information content (AvgIpc) is 2.97. The summed E-state index contributed by atoms with van der Waals surface area (Å²) < 4.78 is 5.23.